The average Bonchev–Trinajstić information content (AvgIpc) is 3.02. The minimum Gasteiger partial charge on any atom is -0.496 e. The molecule has 5 nitrogen and oxygen atoms in total. The van der Waals surface area contributed by atoms with Gasteiger partial charge in [0.25, 0.3) is 0 Å². The second-order valence-electron chi connectivity index (χ2n) is 5.71. The third kappa shape index (κ3) is 3.33. The first kappa shape index (κ1) is 17.3. The van der Waals surface area contributed by atoms with E-state index >= 15 is 0 Å². The molecule has 0 spiro atoms. The van der Waals surface area contributed by atoms with Gasteiger partial charge in [-0.2, -0.15) is 5.26 Å². The van der Waals surface area contributed by atoms with Crippen LogP contribution >= 0.6 is 11.3 Å². The van der Waals surface area contributed by atoms with E-state index in [1.54, 1.807) is 44.9 Å². The number of hydrogen-bond acceptors (Lipinski definition) is 6. The molecule has 0 saturated heterocycles. The van der Waals surface area contributed by atoms with Gasteiger partial charge in [0, 0.05) is 22.7 Å². The highest BCUT2D eigenvalue weighted by Gasteiger charge is 2.20. The van der Waals surface area contributed by atoms with Crippen LogP contribution in [-0.2, 0) is 12.8 Å². The van der Waals surface area contributed by atoms with Crippen LogP contribution in [0.3, 0.4) is 0 Å². The van der Waals surface area contributed by atoms with E-state index in [0.717, 1.165) is 35.4 Å². The summed E-state index contributed by atoms with van der Waals surface area (Å²) in [6.07, 6.45) is 6.07. The predicted octanol–water partition coefficient (Wildman–Crippen LogP) is 4.27. The number of benzene rings is 1. The van der Waals surface area contributed by atoms with Gasteiger partial charge >= 0.3 is 0 Å². The van der Waals surface area contributed by atoms with Gasteiger partial charge in [-0.3, -0.25) is 0 Å². The van der Waals surface area contributed by atoms with Crippen LogP contribution in [0.25, 0.3) is 0 Å². The molecule has 0 saturated carbocycles. The number of methoxy groups -OCH3 is 3. The summed E-state index contributed by atoms with van der Waals surface area (Å²) in [6, 6.07) is 5.92. The molecule has 0 N–H and O–H groups in total. The molecule has 0 aliphatic heterocycles. The van der Waals surface area contributed by atoms with Crippen LogP contribution in [-0.4, -0.2) is 27.5 Å². The van der Waals surface area contributed by atoms with Crippen molar-refractivity contribution in [2.24, 2.45) is 4.99 Å². The highest BCUT2D eigenvalue weighted by Crippen LogP contribution is 2.40. The molecule has 0 atom stereocenters. The molecule has 0 bridgehead atoms. The molecule has 6 heteroatoms. The summed E-state index contributed by atoms with van der Waals surface area (Å²) in [7, 11) is 4.77. The van der Waals surface area contributed by atoms with E-state index in [1.165, 1.54) is 16.9 Å². The van der Waals surface area contributed by atoms with Gasteiger partial charge in [-0.25, -0.2) is 4.99 Å². The highest BCUT2D eigenvalue weighted by molar-refractivity contribution is 7.16. The minimum absolute atomic E-state index is 0.598. The Morgan fingerprint density at radius 3 is 2.40 bits per heavy atom. The van der Waals surface area contributed by atoms with Crippen molar-refractivity contribution in [2.75, 3.05) is 21.3 Å². The van der Waals surface area contributed by atoms with E-state index in [0.29, 0.717) is 17.2 Å². The number of nitriles is 1. The first-order chi connectivity index (χ1) is 12.2. The van der Waals surface area contributed by atoms with Crippen LogP contribution in [0.15, 0.2) is 17.1 Å². The van der Waals surface area contributed by atoms with Crippen molar-refractivity contribution in [1.82, 2.24) is 0 Å². The summed E-state index contributed by atoms with van der Waals surface area (Å²) in [6.45, 7) is 0. The zero-order valence-corrected chi connectivity index (χ0v) is 15.4. The zero-order valence-electron chi connectivity index (χ0n) is 14.6. The van der Waals surface area contributed by atoms with Crippen molar-refractivity contribution in [3.8, 4) is 23.3 Å². The molecular formula is C19H20N2O3S. The Morgan fingerprint density at radius 2 is 1.72 bits per heavy atom. The fraction of sp³-hybridized carbons (Fsp3) is 0.368. The lowest BCUT2D eigenvalue weighted by Gasteiger charge is -2.11. The Morgan fingerprint density at radius 1 is 1.04 bits per heavy atom. The van der Waals surface area contributed by atoms with Gasteiger partial charge in [0.1, 0.15) is 16.8 Å². The number of fused-ring (bicyclic) bond motifs is 1. The normalized spacial score (nSPS) is 13.4. The van der Waals surface area contributed by atoms with Gasteiger partial charge in [-0.15, -0.1) is 11.3 Å². The number of hydrogen-bond donors (Lipinski definition) is 0. The molecular weight excluding hydrogens is 336 g/mol. The van der Waals surface area contributed by atoms with Crippen LogP contribution in [0.5, 0.6) is 17.2 Å². The number of thiophene rings is 1. The molecule has 0 unspecified atom stereocenters. The maximum absolute atomic E-state index is 9.53. The van der Waals surface area contributed by atoms with Crippen molar-refractivity contribution in [3.05, 3.63) is 33.7 Å². The number of ether oxygens (including phenoxy) is 3. The van der Waals surface area contributed by atoms with Gasteiger partial charge in [-0.1, -0.05) is 0 Å². The maximum Gasteiger partial charge on any atom is 0.164 e. The minimum atomic E-state index is 0.598. The van der Waals surface area contributed by atoms with Crippen LogP contribution in [0.1, 0.15) is 34.4 Å². The summed E-state index contributed by atoms with van der Waals surface area (Å²) in [5.74, 6) is 1.85. The summed E-state index contributed by atoms with van der Waals surface area (Å²) < 4.78 is 16.1. The number of aliphatic imine (C=N–C) groups is 1. The SMILES string of the molecule is COc1cc(OC)c(OC)cc1C=Nc1sc2c(c1C#N)CCCC2. The second kappa shape index (κ2) is 7.58. The van der Waals surface area contributed by atoms with E-state index < -0.39 is 0 Å². The Labute approximate surface area is 151 Å². The molecule has 1 aliphatic rings. The Kier molecular flexibility index (Phi) is 5.25. The Balaban J connectivity index is 2.00. The lowest BCUT2D eigenvalue weighted by Crippen LogP contribution is -1.99. The Hall–Kier alpha value is -2.52. The standard InChI is InChI=1S/C19H20N2O3S/c1-22-15-9-17(24-3)16(23-2)8-12(15)11-21-19-14(10-20)13-6-4-5-7-18(13)25-19/h8-9,11H,4-7H2,1-3H3. The van der Waals surface area contributed by atoms with E-state index in [1.807, 2.05) is 6.07 Å². The van der Waals surface area contributed by atoms with Crippen LogP contribution in [0.2, 0.25) is 0 Å². The molecule has 1 aromatic heterocycles. The quantitative estimate of drug-likeness (QED) is 0.750. The molecule has 0 fully saturated rings. The third-order valence-electron chi connectivity index (χ3n) is 4.32. The predicted molar refractivity (Wildman–Crippen MR) is 99.0 cm³/mol. The first-order valence-electron chi connectivity index (χ1n) is 8.10. The van der Waals surface area contributed by atoms with E-state index in [9.17, 15) is 5.26 Å². The van der Waals surface area contributed by atoms with Gasteiger partial charge in [0.15, 0.2) is 11.5 Å². The average molecular weight is 356 g/mol. The van der Waals surface area contributed by atoms with Crippen LogP contribution < -0.4 is 14.2 Å². The topological polar surface area (TPSA) is 63.8 Å². The molecule has 1 aliphatic carbocycles. The van der Waals surface area contributed by atoms with Gasteiger partial charge in [-0.05, 0) is 37.3 Å². The molecule has 130 valence electrons. The molecule has 1 aromatic carbocycles. The van der Waals surface area contributed by atoms with Crippen LogP contribution in [0.4, 0.5) is 5.00 Å². The van der Waals surface area contributed by atoms with E-state index in [2.05, 4.69) is 11.1 Å². The number of nitrogens with zero attached hydrogens (tertiary/aromatic N) is 2. The molecule has 0 amide bonds. The first-order valence-corrected chi connectivity index (χ1v) is 8.92. The van der Waals surface area contributed by atoms with Crippen molar-refractivity contribution in [2.45, 2.75) is 25.7 Å². The maximum atomic E-state index is 9.53. The van der Waals surface area contributed by atoms with Gasteiger partial charge in [0.2, 0.25) is 0 Å². The fourth-order valence-corrected chi connectivity index (χ4v) is 4.22. The van der Waals surface area contributed by atoms with Crippen molar-refractivity contribution in [3.63, 3.8) is 0 Å². The number of rotatable bonds is 5. The monoisotopic (exact) mass is 356 g/mol. The summed E-state index contributed by atoms with van der Waals surface area (Å²) in [5.41, 5.74) is 2.68. The lowest BCUT2D eigenvalue weighted by molar-refractivity contribution is 0.349. The van der Waals surface area contributed by atoms with Gasteiger partial charge < -0.3 is 14.2 Å². The second-order valence-corrected chi connectivity index (χ2v) is 6.79. The Bertz CT molecular complexity index is 849. The molecule has 1 heterocycles. The third-order valence-corrected chi connectivity index (χ3v) is 5.52. The lowest BCUT2D eigenvalue weighted by atomic mass is 9.96. The van der Waals surface area contributed by atoms with Crippen LogP contribution in [0, 0.1) is 11.3 Å². The summed E-state index contributed by atoms with van der Waals surface area (Å²) >= 11 is 1.62. The molecule has 25 heavy (non-hydrogen) atoms. The summed E-state index contributed by atoms with van der Waals surface area (Å²) in [4.78, 5) is 5.89. The molecule has 2 aromatic rings. The molecule has 0 radical (unpaired) electrons. The van der Waals surface area contributed by atoms with Crippen molar-refractivity contribution >= 4 is 22.6 Å². The molecule has 3 rings (SSSR count). The summed E-state index contributed by atoms with van der Waals surface area (Å²) in [5, 5.41) is 10.3. The number of aryl methyl sites for hydroxylation is 1. The van der Waals surface area contributed by atoms with Crippen molar-refractivity contribution in [1.29, 1.82) is 5.26 Å². The zero-order chi connectivity index (χ0) is 17.8. The largest absolute Gasteiger partial charge is 0.496 e. The van der Waals surface area contributed by atoms with Crippen molar-refractivity contribution < 1.29 is 14.2 Å². The van der Waals surface area contributed by atoms with Gasteiger partial charge in [0.05, 0.1) is 26.9 Å². The smallest absolute Gasteiger partial charge is 0.164 e. The van der Waals surface area contributed by atoms with E-state index in [-0.39, 0.29) is 0 Å². The highest BCUT2D eigenvalue weighted by atomic mass is 32.1. The fourth-order valence-electron chi connectivity index (χ4n) is 3.04. The van der Waals surface area contributed by atoms with E-state index in [4.69, 9.17) is 14.2 Å².